The van der Waals surface area contributed by atoms with Crippen molar-refractivity contribution >= 4 is 27.2 Å². The maximum atomic E-state index is 11.0. The molecule has 0 bridgehead atoms. The summed E-state index contributed by atoms with van der Waals surface area (Å²) >= 11 is 8.14. The van der Waals surface area contributed by atoms with Gasteiger partial charge in [0.1, 0.15) is 0 Å². The van der Waals surface area contributed by atoms with Crippen molar-refractivity contribution < 1.29 is 27.8 Å². The number of aromatic nitrogens is 3. The van der Waals surface area contributed by atoms with Gasteiger partial charge in [0.2, 0.25) is 0 Å². The van der Waals surface area contributed by atoms with Gasteiger partial charge in [-0.1, -0.05) is 0 Å². The number of anilines is 1. The Morgan fingerprint density at radius 1 is 1.27 bits per heavy atom. The summed E-state index contributed by atoms with van der Waals surface area (Å²) in [6, 6.07) is 13.4. The topological polar surface area (TPSA) is 89.6 Å². The predicted molar refractivity (Wildman–Crippen MR) is 124 cm³/mol. The molecule has 0 radical (unpaired) electrons. The molecule has 1 aliphatic heterocycles. The molecule has 0 amide bonds. The van der Waals surface area contributed by atoms with Crippen molar-refractivity contribution in [2.45, 2.75) is 6.92 Å². The molecule has 11 heteroatoms. The standard InChI is InChI=1S/C21H20ClN6O3.CH3.Os/c1-15-20(27(24-23-15)19-5-3-4-6-21(19)31-2)14-25-9-11-26(12-10-25)18-8-7-16(28(29)30)13-17(18)22;;/h3-4,6-8,13H,9-12H2,1-2H3;1H3;/q2*-1;. The van der Waals surface area contributed by atoms with Crippen molar-refractivity contribution in [3.8, 4) is 11.4 Å². The molecule has 2 aromatic carbocycles. The molecule has 9 nitrogen and oxygen atoms in total. The van der Waals surface area contributed by atoms with Gasteiger partial charge in [0, 0.05) is 0 Å². The van der Waals surface area contributed by atoms with Crippen LogP contribution in [0.2, 0.25) is 5.02 Å². The SMILES string of the molecule is COc1ccc[c-]c1-n1nnc(C)c1[C](=[Os])N1CCN(c2ccc([N+](=O)[O-])cc2Cl)CC1.[CH3-]. The van der Waals surface area contributed by atoms with Gasteiger partial charge in [-0.25, -0.2) is 0 Å². The molecule has 1 aliphatic rings. The number of para-hydroxylation sites is 1. The van der Waals surface area contributed by atoms with E-state index >= 15 is 0 Å². The number of benzene rings is 2. The third kappa shape index (κ3) is 4.98. The Hall–Kier alpha value is -2.66. The van der Waals surface area contributed by atoms with E-state index in [9.17, 15) is 10.1 Å². The second kappa shape index (κ2) is 10.5. The Labute approximate surface area is 207 Å². The smallest absolute Gasteiger partial charge is 0.358 e. The molecule has 1 fully saturated rings. The van der Waals surface area contributed by atoms with E-state index in [1.165, 1.54) is 12.1 Å². The largest absolute Gasteiger partial charge is 0.358 e. The average molecular weight is 645 g/mol. The second-order valence-corrected chi connectivity index (χ2v) is 8.78. The summed E-state index contributed by atoms with van der Waals surface area (Å²) < 4.78 is 8.34. The van der Waals surface area contributed by atoms with Gasteiger partial charge in [-0.05, 0) is 0 Å². The van der Waals surface area contributed by atoms with Crippen molar-refractivity contribution in [2.75, 3.05) is 38.2 Å². The number of nitro benzene ring substituents is 1. The Balaban J connectivity index is 0.00000306. The fraction of sp³-hybridized carbons (Fsp3) is 0.273. The van der Waals surface area contributed by atoms with E-state index in [0.29, 0.717) is 16.5 Å². The number of ether oxygens (including phenoxy) is 1. The molecule has 176 valence electrons. The Morgan fingerprint density at radius 2 is 2.00 bits per heavy atom. The monoisotopic (exact) mass is 646 g/mol. The number of hydrogen-bond acceptors (Lipinski definition) is 7. The number of aryl methyl sites for hydroxylation is 1. The normalized spacial score (nSPS) is 14.0. The molecule has 33 heavy (non-hydrogen) atoms. The summed E-state index contributed by atoms with van der Waals surface area (Å²) in [5, 5.41) is 20.0. The van der Waals surface area contributed by atoms with E-state index in [1.807, 2.05) is 43.3 Å². The van der Waals surface area contributed by atoms with Gasteiger partial charge in [-0.2, -0.15) is 0 Å². The third-order valence-electron chi connectivity index (χ3n) is 5.29. The third-order valence-corrected chi connectivity index (χ3v) is 7.00. The van der Waals surface area contributed by atoms with Gasteiger partial charge in [0.15, 0.2) is 0 Å². The van der Waals surface area contributed by atoms with Crippen molar-refractivity contribution in [3.05, 3.63) is 76.4 Å². The number of rotatable bonds is 6. The van der Waals surface area contributed by atoms with E-state index in [-0.39, 0.29) is 13.1 Å². The molecule has 2 heterocycles. The fourth-order valence-electron chi connectivity index (χ4n) is 3.64. The molecule has 1 aromatic heterocycles. The van der Waals surface area contributed by atoms with E-state index in [0.717, 1.165) is 47.4 Å². The molecular formula is C22H23ClN6O3Os-2. The van der Waals surface area contributed by atoms with Crippen LogP contribution in [0.5, 0.6) is 5.75 Å². The van der Waals surface area contributed by atoms with E-state index in [2.05, 4.69) is 26.2 Å². The molecule has 0 aliphatic carbocycles. The van der Waals surface area contributed by atoms with Crippen LogP contribution in [0, 0.1) is 30.5 Å². The van der Waals surface area contributed by atoms with E-state index in [1.54, 1.807) is 17.9 Å². The quantitative estimate of drug-likeness (QED) is 0.231. The number of nitro groups is 1. The van der Waals surface area contributed by atoms with Gasteiger partial charge >= 0.3 is 200 Å². The van der Waals surface area contributed by atoms with Crippen molar-refractivity contribution in [1.29, 1.82) is 0 Å². The number of piperazine rings is 1. The van der Waals surface area contributed by atoms with E-state index in [4.69, 9.17) is 16.3 Å². The van der Waals surface area contributed by atoms with Gasteiger partial charge in [0.05, 0.1) is 0 Å². The van der Waals surface area contributed by atoms with Crippen LogP contribution in [0.25, 0.3) is 5.69 Å². The molecular weight excluding hydrogens is 622 g/mol. The molecule has 0 saturated carbocycles. The first-order valence-corrected chi connectivity index (χ1v) is 11.5. The summed E-state index contributed by atoms with van der Waals surface area (Å²) in [6.07, 6.45) is 0. The number of halogens is 1. The number of hydrogen-bond donors (Lipinski definition) is 0. The van der Waals surface area contributed by atoms with Crippen LogP contribution in [0.1, 0.15) is 11.4 Å². The van der Waals surface area contributed by atoms with Gasteiger partial charge < -0.3 is 7.43 Å². The zero-order valence-corrected chi connectivity index (χ0v) is 21.7. The summed E-state index contributed by atoms with van der Waals surface area (Å²) in [6.45, 7) is 4.95. The van der Waals surface area contributed by atoms with Crippen LogP contribution >= 0.6 is 11.6 Å². The van der Waals surface area contributed by atoms with Crippen LogP contribution < -0.4 is 9.64 Å². The number of nitrogens with zero attached hydrogens (tertiary/aromatic N) is 6. The summed E-state index contributed by atoms with van der Waals surface area (Å²) in [4.78, 5) is 15.0. The molecule has 0 N–H and O–H groups in total. The van der Waals surface area contributed by atoms with Crippen LogP contribution in [0.3, 0.4) is 0 Å². The molecule has 0 unspecified atom stereocenters. The second-order valence-electron chi connectivity index (χ2n) is 7.17. The van der Waals surface area contributed by atoms with Crippen LogP contribution in [0.4, 0.5) is 11.4 Å². The Morgan fingerprint density at radius 3 is 2.64 bits per heavy atom. The van der Waals surface area contributed by atoms with Gasteiger partial charge in [-0.3, -0.25) is 0 Å². The molecule has 4 rings (SSSR count). The van der Waals surface area contributed by atoms with Crippen LogP contribution in [-0.2, 0) is 18.1 Å². The molecule has 0 atom stereocenters. The maximum Gasteiger partial charge on any atom is -0.358 e. The summed E-state index contributed by atoms with van der Waals surface area (Å²) in [5.41, 5.74) is 3.27. The average Bonchev–Trinajstić information content (AvgIpc) is 3.19. The Kier molecular flexibility index (Phi) is 7.95. The minimum Gasteiger partial charge on any atom is -0.358 e. The van der Waals surface area contributed by atoms with Crippen molar-refractivity contribution in [3.63, 3.8) is 0 Å². The number of methoxy groups -OCH3 is 1. The molecule has 1 saturated heterocycles. The maximum absolute atomic E-state index is 11.0. The minimum absolute atomic E-state index is 0. The molecule has 0 spiro atoms. The van der Waals surface area contributed by atoms with Crippen molar-refractivity contribution in [1.82, 2.24) is 19.9 Å². The zero-order chi connectivity index (χ0) is 22.8. The zero-order valence-electron chi connectivity index (χ0n) is 18.4. The minimum atomic E-state index is -0.439. The van der Waals surface area contributed by atoms with Crippen molar-refractivity contribution in [2.24, 2.45) is 0 Å². The first-order chi connectivity index (χ1) is 15.4. The summed E-state index contributed by atoms with van der Waals surface area (Å²) in [7, 11) is 1.62. The van der Waals surface area contributed by atoms with E-state index < -0.39 is 4.92 Å². The first-order valence-electron chi connectivity index (χ1n) is 9.83. The van der Waals surface area contributed by atoms with Crippen LogP contribution in [-0.4, -0.2) is 62.3 Å². The fourth-order valence-corrected chi connectivity index (χ4v) is 5.23. The first kappa shape index (κ1) is 25.0. The Bertz CT molecular complexity index is 1180. The molecule has 3 aromatic rings. The predicted octanol–water partition coefficient (Wildman–Crippen LogP) is 3.24. The van der Waals surface area contributed by atoms with Crippen LogP contribution in [0.15, 0.2) is 36.4 Å². The number of non-ortho nitro benzene ring substituents is 1. The van der Waals surface area contributed by atoms with Gasteiger partial charge in [-0.15, -0.1) is 0 Å². The van der Waals surface area contributed by atoms with Gasteiger partial charge in [0.25, 0.3) is 0 Å². The summed E-state index contributed by atoms with van der Waals surface area (Å²) in [5.74, 6) is 0.674.